The van der Waals surface area contributed by atoms with Crippen molar-refractivity contribution in [1.29, 1.82) is 0 Å². The number of Topliss-reactive ketones (excluding diaryl/α,β-unsaturated/α-hetero) is 1. The topological polar surface area (TPSA) is 63.6 Å². The van der Waals surface area contributed by atoms with Crippen LogP contribution in [0.2, 0.25) is 0 Å². The number of hydrogen-bond donors (Lipinski definition) is 1. The van der Waals surface area contributed by atoms with Crippen LogP contribution in [0.3, 0.4) is 0 Å². The van der Waals surface area contributed by atoms with Crippen LogP contribution < -0.4 is 0 Å². The predicted octanol–water partition coefficient (Wildman–Crippen LogP) is 2.51. The van der Waals surface area contributed by atoms with E-state index in [1.807, 2.05) is 20.8 Å². The molecule has 0 spiro atoms. The Balaban J connectivity index is 2.20. The first kappa shape index (κ1) is 14.5. The number of carboxylic acids is 1. The number of fused-ring (bicyclic) bond motifs is 1. The molecular formula is C15H24O4. The number of ether oxygens (including phenoxy) is 1. The third kappa shape index (κ3) is 2.83. The summed E-state index contributed by atoms with van der Waals surface area (Å²) in [6.45, 7) is 8.18. The van der Waals surface area contributed by atoms with Gasteiger partial charge in [0.25, 0.3) is 0 Å². The highest BCUT2D eigenvalue weighted by atomic mass is 16.5. The van der Waals surface area contributed by atoms with E-state index in [1.165, 1.54) is 0 Å². The first-order valence-electron chi connectivity index (χ1n) is 7.14. The Hall–Kier alpha value is -0.900. The Kier molecular flexibility index (Phi) is 3.74. The van der Waals surface area contributed by atoms with E-state index in [4.69, 9.17) is 4.74 Å². The van der Waals surface area contributed by atoms with Crippen molar-refractivity contribution in [2.45, 2.75) is 58.7 Å². The van der Waals surface area contributed by atoms with Crippen LogP contribution in [0.1, 0.15) is 47.0 Å². The number of carboxylic acid groups (broad SMARTS) is 1. The summed E-state index contributed by atoms with van der Waals surface area (Å²) in [7, 11) is 0. The van der Waals surface area contributed by atoms with Gasteiger partial charge in [0.05, 0.1) is 11.7 Å². The van der Waals surface area contributed by atoms with E-state index < -0.39 is 11.9 Å². The molecule has 2 aliphatic rings. The van der Waals surface area contributed by atoms with Crippen LogP contribution in [0.5, 0.6) is 0 Å². The highest BCUT2D eigenvalue weighted by Gasteiger charge is 2.52. The Morgan fingerprint density at radius 1 is 1.32 bits per heavy atom. The molecular weight excluding hydrogens is 244 g/mol. The molecule has 0 aromatic rings. The number of ketones is 1. The highest BCUT2D eigenvalue weighted by molar-refractivity contribution is 5.99. The second-order valence-electron chi connectivity index (χ2n) is 7.06. The SMILES string of the molecule is C[C@H]1CC2C(C(=O)O)C(=O)CCC2[C@H]1OC(C)(C)C. The molecule has 2 fully saturated rings. The summed E-state index contributed by atoms with van der Waals surface area (Å²) in [6.07, 6.45) is 2.03. The molecule has 0 saturated heterocycles. The highest BCUT2D eigenvalue weighted by Crippen LogP contribution is 2.49. The van der Waals surface area contributed by atoms with Crippen LogP contribution in [0.4, 0.5) is 0 Å². The van der Waals surface area contributed by atoms with Crippen molar-refractivity contribution in [2.75, 3.05) is 0 Å². The number of carbonyl (C=O) groups is 2. The van der Waals surface area contributed by atoms with Gasteiger partial charge in [-0.2, -0.15) is 0 Å². The monoisotopic (exact) mass is 268 g/mol. The van der Waals surface area contributed by atoms with Gasteiger partial charge in [0.1, 0.15) is 11.7 Å². The average molecular weight is 268 g/mol. The zero-order valence-electron chi connectivity index (χ0n) is 12.2. The molecule has 0 aliphatic heterocycles. The lowest BCUT2D eigenvalue weighted by Crippen LogP contribution is -2.42. The molecule has 2 rings (SSSR count). The molecule has 108 valence electrons. The van der Waals surface area contributed by atoms with Gasteiger partial charge in [-0.05, 0) is 51.4 Å². The van der Waals surface area contributed by atoms with Crippen LogP contribution in [0, 0.1) is 23.7 Å². The fourth-order valence-corrected chi connectivity index (χ4v) is 3.80. The van der Waals surface area contributed by atoms with Gasteiger partial charge < -0.3 is 9.84 Å². The molecule has 19 heavy (non-hydrogen) atoms. The van der Waals surface area contributed by atoms with Crippen molar-refractivity contribution in [3.63, 3.8) is 0 Å². The van der Waals surface area contributed by atoms with Gasteiger partial charge in [-0.1, -0.05) is 6.92 Å². The molecule has 2 saturated carbocycles. The molecule has 4 nitrogen and oxygen atoms in total. The van der Waals surface area contributed by atoms with Crippen molar-refractivity contribution in [3.8, 4) is 0 Å². The number of carbonyl (C=O) groups excluding carboxylic acids is 1. The molecule has 0 radical (unpaired) electrons. The second-order valence-corrected chi connectivity index (χ2v) is 7.06. The smallest absolute Gasteiger partial charge is 0.314 e. The zero-order valence-corrected chi connectivity index (χ0v) is 12.2. The lowest BCUT2D eigenvalue weighted by atomic mass is 9.72. The van der Waals surface area contributed by atoms with Crippen molar-refractivity contribution in [2.24, 2.45) is 23.7 Å². The molecule has 0 aromatic carbocycles. The van der Waals surface area contributed by atoms with E-state index in [0.29, 0.717) is 12.3 Å². The quantitative estimate of drug-likeness (QED) is 0.782. The minimum absolute atomic E-state index is 0.0406. The minimum atomic E-state index is -0.955. The molecule has 1 N–H and O–H groups in total. The van der Waals surface area contributed by atoms with Gasteiger partial charge in [0, 0.05) is 6.42 Å². The summed E-state index contributed by atoms with van der Waals surface area (Å²) in [4.78, 5) is 23.2. The molecule has 4 heteroatoms. The van der Waals surface area contributed by atoms with Crippen LogP contribution >= 0.6 is 0 Å². The summed E-state index contributed by atoms with van der Waals surface area (Å²) >= 11 is 0. The number of hydrogen-bond acceptors (Lipinski definition) is 3. The average Bonchev–Trinajstić information content (AvgIpc) is 2.52. The van der Waals surface area contributed by atoms with Gasteiger partial charge in [-0.3, -0.25) is 9.59 Å². The van der Waals surface area contributed by atoms with Gasteiger partial charge in [0.15, 0.2) is 0 Å². The van der Waals surface area contributed by atoms with Gasteiger partial charge in [-0.15, -0.1) is 0 Å². The zero-order chi connectivity index (χ0) is 14.4. The third-order valence-corrected chi connectivity index (χ3v) is 4.43. The van der Waals surface area contributed by atoms with E-state index in [9.17, 15) is 14.7 Å². The maximum Gasteiger partial charge on any atom is 0.314 e. The summed E-state index contributed by atoms with van der Waals surface area (Å²) in [6, 6.07) is 0. The lowest BCUT2D eigenvalue weighted by molar-refractivity contribution is -0.153. The summed E-state index contributed by atoms with van der Waals surface area (Å²) in [5.74, 6) is -1.37. The van der Waals surface area contributed by atoms with Crippen LogP contribution in [-0.4, -0.2) is 28.6 Å². The first-order chi connectivity index (χ1) is 8.70. The maximum atomic E-state index is 11.9. The van der Waals surface area contributed by atoms with Gasteiger partial charge in [0.2, 0.25) is 0 Å². The van der Waals surface area contributed by atoms with E-state index in [1.54, 1.807) is 0 Å². The summed E-state index contributed by atoms with van der Waals surface area (Å²) < 4.78 is 6.14. The van der Waals surface area contributed by atoms with Crippen LogP contribution in [0.25, 0.3) is 0 Å². The molecule has 0 amide bonds. The Bertz CT molecular complexity index is 382. The van der Waals surface area contributed by atoms with Gasteiger partial charge in [-0.25, -0.2) is 0 Å². The van der Waals surface area contributed by atoms with Crippen LogP contribution in [-0.2, 0) is 14.3 Å². The fraction of sp³-hybridized carbons (Fsp3) is 0.867. The molecule has 0 heterocycles. The maximum absolute atomic E-state index is 11.9. The number of aliphatic carboxylic acids is 1. The molecule has 0 bridgehead atoms. The van der Waals surface area contributed by atoms with Crippen molar-refractivity contribution in [3.05, 3.63) is 0 Å². The van der Waals surface area contributed by atoms with Crippen molar-refractivity contribution in [1.82, 2.24) is 0 Å². The van der Waals surface area contributed by atoms with E-state index in [-0.39, 0.29) is 29.3 Å². The van der Waals surface area contributed by atoms with E-state index >= 15 is 0 Å². The Morgan fingerprint density at radius 3 is 2.47 bits per heavy atom. The molecule has 2 aliphatic carbocycles. The van der Waals surface area contributed by atoms with Crippen molar-refractivity contribution < 1.29 is 19.4 Å². The normalized spacial score (nSPS) is 39.2. The Labute approximate surface area is 114 Å². The lowest BCUT2D eigenvalue weighted by Gasteiger charge is -2.36. The summed E-state index contributed by atoms with van der Waals surface area (Å²) in [5.41, 5.74) is -0.228. The van der Waals surface area contributed by atoms with E-state index in [0.717, 1.165) is 12.8 Å². The summed E-state index contributed by atoms with van der Waals surface area (Å²) in [5, 5.41) is 9.30. The second kappa shape index (κ2) is 4.89. The largest absolute Gasteiger partial charge is 0.481 e. The third-order valence-electron chi connectivity index (χ3n) is 4.43. The molecule has 5 atom stereocenters. The van der Waals surface area contributed by atoms with Crippen molar-refractivity contribution >= 4 is 11.8 Å². The Morgan fingerprint density at radius 2 is 1.95 bits per heavy atom. The fourth-order valence-electron chi connectivity index (χ4n) is 3.80. The predicted molar refractivity (Wildman–Crippen MR) is 70.8 cm³/mol. The van der Waals surface area contributed by atoms with E-state index in [2.05, 4.69) is 6.92 Å². The minimum Gasteiger partial charge on any atom is -0.481 e. The van der Waals surface area contributed by atoms with Gasteiger partial charge >= 0.3 is 5.97 Å². The first-order valence-corrected chi connectivity index (χ1v) is 7.14. The number of rotatable bonds is 2. The van der Waals surface area contributed by atoms with Crippen LogP contribution in [0.15, 0.2) is 0 Å². The standard InChI is InChI=1S/C15H24O4/c1-8-7-10-9(13(8)19-15(2,3)4)5-6-11(16)12(10)14(17)18/h8-10,12-13H,5-7H2,1-4H3,(H,17,18)/t8-,9?,10?,12?,13-/m0/s1. The molecule has 3 unspecified atom stereocenters. The molecule has 0 aromatic heterocycles.